The molecular weight excluding hydrogens is 130 g/mol. The Hall–Kier alpha value is -0.110. The third-order valence-corrected chi connectivity index (χ3v) is 2.42. The van der Waals surface area contributed by atoms with Crippen LogP contribution in [0.15, 0.2) is 11.6 Å². The summed E-state index contributed by atoms with van der Waals surface area (Å²) in [6.07, 6.45) is 4.78. The van der Waals surface area contributed by atoms with E-state index in [1.165, 1.54) is 31.0 Å². The van der Waals surface area contributed by atoms with E-state index in [0.717, 1.165) is 0 Å². The maximum absolute atomic E-state index is 3.94. The van der Waals surface area contributed by atoms with Crippen molar-refractivity contribution < 1.29 is 0 Å². The Bertz CT molecular complexity index is 105. The molecule has 9 heavy (non-hydrogen) atoms. The van der Waals surface area contributed by atoms with Gasteiger partial charge >= 0.3 is 0 Å². The first-order chi connectivity index (χ1) is 4.34. The molecule has 0 atom stereocenters. The quantitative estimate of drug-likeness (QED) is 0.581. The highest BCUT2D eigenvalue weighted by Crippen LogP contribution is 2.19. The zero-order valence-electron chi connectivity index (χ0n) is 5.89. The second-order valence-electron chi connectivity index (χ2n) is 2.29. The monoisotopic (exact) mass is 143 g/mol. The molecule has 0 N–H and O–H groups in total. The summed E-state index contributed by atoms with van der Waals surface area (Å²) in [7, 11) is 0. The Morgan fingerprint density at radius 2 is 2.00 bits per heavy atom. The normalized spacial score (nSPS) is 18.6. The molecular formula is C7H13NS. The zero-order valence-corrected chi connectivity index (χ0v) is 6.71. The Morgan fingerprint density at radius 1 is 1.44 bits per heavy atom. The Balaban J connectivity index is 2.32. The first-order valence-corrected chi connectivity index (χ1v) is 4.55. The van der Waals surface area contributed by atoms with E-state index in [1.54, 1.807) is 11.8 Å². The summed E-state index contributed by atoms with van der Waals surface area (Å²) in [6.45, 7) is 6.39. The van der Waals surface area contributed by atoms with Crippen LogP contribution in [-0.2, 0) is 0 Å². The van der Waals surface area contributed by atoms with Crippen molar-refractivity contribution in [3.05, 3.63) is 11.6 Å². The molecule has 0 bridgehead atoms. The highest BCUT2D eigenvalue weighted by atomic mass is 32.2. The lowest BCUT2D eigenvalue weighted by Gasteiger charge is -2.17. The fourth-order valence-corrected chi connectivity index (χ4v) is 1.54. The van der Waals surface area contributed by atoms with Gasteiger partial charge in [-0.25, -0.2) is 0 Å². The first-order valence-electron chi connectivity index (χ1n) is 3.32. The van der Waals surface area contributed by atoms with E-state index in [1.807, 2.05) is 0 Å². The molecule has 0 aromatic carbocycles. The molecule has 1 rings (SSSR count). The molecule has 0 aromatic rings. The fourth-order valence-electron chi connectivity index (χ4n) is 1.10. The van der Waals surface area contributed by atoms with Crippen LogP contribution < -0.4 is 0 Å². The maximum Gasteiger partial charge on any atom is 0.0631 e. The molecule has 52 valence electrons. The van der Waals surface area contributed by atoms with E-state index in [9.17, 15) is 0 Å². The van der Waals surface area contributed by atoms with Crippen LogP contribution in [0.2, 0.25) is 0 Å². The standard InChI is InChI=1S/C7H13NS/c1-7(9-2)8-5-3-4-6-8/h1,3-6H2,2H3. The zero-order chi connectivity index (χ0) is 6.69. The molecule has 0 saturated carbocycles. The van der Waals surface area contributed by atoms with Gasteiger partial charge in [0.05, 0.1) is 5.03 Å². The summed E-state index contributed by atoms with van der Waals surface area (Å²) in [5.41, 5.74) is 0. The van der Waals surface area contributed by atoms with Crippen molar-refractivity contribution in [2.24, 2.45) is 0 Å². The third-order valence-electron chi connectivity index (χ3n) is 1.69. The van der Waals surface area contributed by atoms with Gasteiger partial charge < -0.3 is 4.90 Å². The minimum atomic E-state index is 1.22. The summed E-state index contributed by atoms with van der Waals surface area (Å²) < 4.78 is 0. The van der Waals surface area contributed by atoms with Gasteiger partial charge in [0, 0.05) is 13.1 Å². The van der Waals surface area contributed by atoms with Gasteiger partial charge in [-0.2, -0.15) is 0 Å². The van der Waals surface area contributed by atoms with Gasteiger partial charge in [-0.05, 0) is 19.1 Å². The number of rotatable bonds is 2. The molecule has 0 radical (unpaired) electrons. The van der Waals surface area contributed by atoms with Crippen LogP contribution >= 0.6 is 11.8 Å². The average Bonchev–Trinajstić information content (AvgIpc) is 2.37. The third kappa shape index (κ3) is 1.65. The van der Waals surface area contributed by atoms with Gasteiger partial charge in [0.25, 0.3) is 0 Å². The summed E-state index contributed by atoms with van der Waals surface area (Å²) in [6, 6.07) is 0. The minimum absolute atomic E-state index is 1.22. The molecule has 0 unspecified atom stereocenters. The SMILES string of the molecule is C=C(SC)N1CCCC1. The Kier molecular flexibility index (Phi) is 2.46. The van der Waals surface area contributed by atoms with E-state index in [-0.39, 0.29) is 0 Å². The van der Waals surface area contributed by atoms with E-state index in [2.05, 4.69) is 17.7 Å². The number of nitrogens with zero attached hydrogens (tertiary/aromatic N) is 1. The fraction of sp³-hybridized carbons (Fsp3) is 0.714. The average molecular weight is 143 g/mol. The van der Waals surface area contributed by atoms with Crippen molar-refractivity contribution in [2.45, 2.75) is 12.8 Å². The molecule has 0 spiro atoms. The summed E-state index contributed by atoms with van der Waals surface area (Å²) >= 11 is 1.75. The van der Waals surface area contributed by atoms with Crippen molar-refractivity contribution in [2.75, 3.05) is 19.3 Å². The van der Waals surface area contributed by atoms with Crippen LogP contribution in [0.25, 0.3) is 0 Å². The molecule has 1 fully saturated rings. The van der Waals surface area contributed by atoms with Crippen LogP contribution in [0, 0.1) is 0 Å². The summed E-state index contributed by atoms with van der Waals surface area (Å²) in [5.74, 6) is 0. The molecule has 0 aliphatic carbocycles. The Morgan fingerprint density at radius 3 is 2.44 bits per heavy atom. The molecule has 1 aliphatic heterocycles. The number of likely N-dealkylation sites (tertiary alicyclic amines) is 1. The van der Waals surface area contributed by atoms with Crippen LogP contribution in [0.3, 0.4) is 0 Å². The van der Waals surface area contributed by atoms with Gasteiger partial charge in [-0.15, -0.1) is 11.8 Å². The van der Waals surface area contributed by atoms with Gasteiger partial charge in [0.2, 0.25) is 0 Å². The number of hydrogen-bond acceptors (Lipinski definition) is 2. The minimum Gasteiger partial charge on any atom is -0.367 e. The highest BCUT2D eigenvalue weighted by Gasteiger charge is 2.11. The summed E-state index contributed by atoms with van der Waals surface area (Å²) in [4.78, 5) is 2.35. The van der Waals surface area contributed by atoms with E-state index < -0.39 is 0 Å². The predicted octanol–water partition coefficient (Wildman–Crippen LogP) is 1.92. The lowest BCUT2D eigenvalue weighted by Crippen LogP contribution is -2.15. The number of hydrogen-bond donors (Lipinski definition) is 0. The lowest BCUT2D eigenvalue weighted by molar-refractivity contribution is 0.458. The van der Waals surface area contributed by atoms with Crippen LogP contribution in [0.1, 0.15) is 12.8 Å². The predicted molar refractivity (Wildman–Crippen MR) is 43.5 cm³/mol. The van der Waals surface area contributed by atoms with Crippen molar-refractivity contribution in [1.29, 1.82) is 0 Å². The first kappa shape index (κ1) is 7.00. The van der Waals surface area contributed by atoms with E-state index in [4.69, 9.17) is 0 Å². The molecule has 1 saturated heterocycles. The molecule has 1 aliphatic rings. The number of thioether (sulfide) groups is 1. The molecule has 1 heterocycles. The molecule has 0 amide bonds. The second kappa shape index (κ2) is 3.16. The van der Waals surface area contributed by atoms with Gasteiger partial charge in [0.15, 0.2) is 0 Å². The van der Waals surface area contributed by atoms with Crippen LogP contribution in [-0.4, -0.2) is 24.2 Å². The van der Waals surface area contributed by atoms with Gasteiger partial charge in [-0.1, -0.05) is 6.58 Å². The van der Waals surface area contributed by atoms with Crippen molar-refractivity contribution in [3.63, 3.8) is 0 Å². The van der Waals surface area contributed by atoms with Gasteiger partial charge in [-0.3, -0.25) is 0 Å². The van der Waals surface area contributed by atoms with Crippen LogP contribution in [0.5, 0.6) is 0 Å². The molecule has 2 heteroatoms. The maximum atomic E-state index is 3.94. The van der Waals surface area contributed by atoms with Crippen molar-refractivity contribution >= 4 is 11.8 Å². The molecule has 1 nitrogen and oxygen atoms in total. The van der Waals surface area contributed by atoms with Crippen molar-refractivity contribution in [3.8, 4) is 0 Å². The van der Waals surface area contributed by atoms with Crippen molar-refractivity contribution in [1.82, 2.24) is 4.90 Å². The molecule has 0 aromatic heterocycles. The van der Waals surface area contributed by atoms with E-state index >= 15 is 0 Å². The van der Waals surface area contributed by atoms with Gasteiger partial charge in [0.1, 0.15) is 0 Å². The topological polar surface area (TPSA) is 3.24 Å². The Labute approximate surface area is 61.1 Å². The second-order valence-corrected chi connectivity index (χ2v) is 3.17. The van der Waals surface area contributed by atoms with Crippen LogP contribution in [0.4, 0.5) is 0 Å². The summed E-state index contributed by atoms with van der Waals surface area (Å²) in [5, 5.41) is 1.23. The largest absolute Gasteiger partial charge is 0.367 e. The van der Waals surface area contributed by atoms with E-state index in [0.29, 0.717) is 0 Å². The lowest BCUT2D eigenvalue weighted by atomic mass is 10.4. The smallest absolute Gasteiger partial charge is 0.0631 e. The highest BCUT2D eigenvalue weighted by molar-refractivity contribution is 8.02.